The normalized spacial score (nSPS) is 10.6. The fourth-order valence-electron chi connectivity index (χ4n) is 1.65. The summed E-state index contributed by atoms with van der Waals surface area (Å²) in [6.07, 6.45) is -0.470. The van der Waals surface area contributed by atoms with Crippen LogP contribution in [0, 0.1) is 0 Å². The van der Waals surface area contributed by atoms with Crippen LogP contribution in [0.15, 0.2) is 24.3 Å². The molecule has 0 saturated carbocycles. The van der Waals surface area contributed by atoms with E-state index in [0.29, 0.717) is 31.3 Å². The molecule has 0 radical (unpaired) electrons. The molecule has 1 aromatic rings. The van der Waals surface area contributed by atoms with Gasteiger partial charge in [-0.15, -0.1) is 0 Å². The number of phenolic OH excluding ortho intramolecular Hbond substituents is 1. The van der Waals surface area contributed by atoms with E-state index in [1.807, 2.05) is 19.0 Å². The second-order valence-electron chi connectivity index (χ2n) is 5.46. The van der Waals surface area contributed by atoms with E-state index in [-0.39, 0.29) is 24.7 Å². The highest BCUT2D eigenvalue weighted by Crippen LogP contribution is 2.20. The highest BCUT2D eigenvalue weighted by atomic mass is 33.1. The zero-order chi connectivity index (χ0) is 19.2. The highest BCUT2D eigenvalue weighted by Gasteiger charge is 2.06. The Hall–Kier alpha value is -1.58. The van der Waals surface area contributed by atoms with E-state index in [2.05, 4.69) is 0 Å². The summed E-state index contributed by atoms with van der Waals surface area (Å²) in [6, 6.07) is 6.45. The summed E-state index contributed by atoms with van der Waals surface area (Å²) in [4.78, 5) is 24.8. The van der Waals surface area contributed by atoms with Crippen molar-refractivity contribution in [3.63, 3.8) is 0 Å². The Morgan fingerprint density at radius 3 is 2.15 bits per heavy atom. The number of phenols is 1. The van der Waals surface area contributed by atoms with E-state index < -0.39 is 6.16 Å². The fourth-order valence-corrected chi connectivity index (χ4v) is 3.30. The maximum atomic E-state index is 11.7. The van der Waals surface area contributed by atoms with Crippen molar-refractivity contribution >= 4 is 33.7 Å². The van der Waals surface area contributed by atoms with Crippen molar-refractivity contribution in [1.29, 1.82) is 0 Å². The Balaban J connectivity index is 1.93. The molecule has 0 aliphatic heterocycles. The summed E-state index contributed by atoms with van der Waals surface area (Å²) in [7, 11) is 6.87. The van der Waals surface area contributed by atoms with Gasteiger partial charge in [-0.2, -0.15) is 0 Å². The van der Waals surface area contributed by atoms with E-state index in [4.69, 9.17) is 14.2 Å². The van der Waals surface area contributed by atoms with E-state index in [0.717, 1.165) is 5.56 Å². The first-order chi connectivity index (χ1) is 12.5. The lowest BCUT2D eigenvalue weighted by molar-refractivity contribution is -0.142. The third-order valence-electron chi connectivity index (χ3n) is 2.94. The second kappa shape index (κ2) is 13.6. The molecule has 1 aromatic carbocycles. The zero-order valence-corrected chi connectivity index (χ0v) is 16.6. The van der Waals surface area contributed by atoms with Gasteiger partial charge < -0.3 is 24.2 Å². The van der Waals surface area contributed by atoms with Crippen LogP contribution in [0.4, 0.5) is 4.79 Å². The summed E-state index contributed by atoms with van der Waals surface area (Å²) in [5.41, 5.74) is 0.796. The van der Waals surface area contributed by atoms with Crippen LogP contribution in [0.1, 0.15) is 5.56 Å². The van der Waals surface area contributed by atoms with Gasteiger partial charge >= 0.3 is 12.1 Å². The number of aromatic hydroxyl groups is 1. The first-order valence-corrected chi connectivity index (χ1v) is 10.6. The molecule has 0 aliphatic rings. The van der Waals surface area contributed by atoms with Crippen molar-refractivity contribution in [3.8, 4) is 5.75 Å². The number of likely N-dealkylation sites (N-methyl/N-ethyl adjacent to an activating group) is 1. The Bertz CT molecular complexity index is 539. The van der Waals surface area contributed by atoms with Crippen molar-refractivity contribution in [2.45, 2.75) is 6.42 Å². The Labute approximate surface area is 161 Å². The topological polar surface area (TPSA) is 85.3 Å². The lowest BCUT2D eigenvalue weighted by atomic mass is 10.1. The molecule has 0 heterocycles. The number of esters is 1. The minimum absolute atomic E-state index is 0.168. The molecule has 0 saturated heterocycles. The molecule has 0 atom stereocenters. The van der Waals surface area contributed by atoms with Crippen LogP contribution in [0.25, 0.3) is 0 Å². The molecule has 26 heavy (non-hydrogen) atoms. The average molecular weight is 404 g/mol. The lowest BCUT2D eigenvalue weighted by Crippen LogP contribution is -2.20. The van der Waals surface area contributed by atoms with Gasteiger partial charge in [-0.25, -0.2) is 4.79 Å². The van der Waals surface area contributed by atoms with Crippen LogP contribution in [-0.4, -0.2) is 74.1 Å². The van der Waals surface area contributed by atoms with Gasteiger partial charge in [0.05, 0.1) is 6.42 Å². The van der Waals surface area contributed by atoms with Gasteiger partial charge in [0.1, 0.15) is 25.6 Å². The predicted octanol–water partition coefficient (Wildman–Crippen LogP) is 2.57. The molecular formula is C17H25NO6S2. The molecule has 0 aromatic heterocycles. The molecule has 0 amide bonds. The maximum Gasteiger partial charge on any atom is 0.508 e. The third kappa shape index (κ3) is 11.9. The number of benzene rings is 1. The molecular weight excluding hydrogens is 378 g/mol. The molecule has 9 heteroatoms. The highest BCUT2D eigenvalue weighted by molar-refractivity contribution is 8.76. The first-order valence-electron chi connectivity index (χ1n) is 8.09. The fraction of sp³-hybridized carbons (Fsp3) is 0.529. The van der Waals surface area contributed by atoms with Gasteiger partial charge in [-0.1, -0.05) is 33.7 Å². The number of rotatable bonds is 12. The number of carbonyl (C=O) groups is 2. The molecule has 0 unspecified atom stereocenters. The van der Waals surface area contributed by atoms with E-state index in [1.54, 1.807) is 22.9 Å². The van der Waals surface area contributed by atoms with Crippen molar-refractivity contribution < 1.29 is 28.9 Å². The van der Waals surface area contributed by atoms with E-state index in [1.165, 1.54) is 22.9 Å². The van der Waals surface area contributed by atoms with Gasteiger partial charge in [0.25, 0.3) is 0 Å². The Kier molecular flexibility index (Phi) is 11.7. The molecule has 0 fully saturated rings. The number of ether oxygens (including phenoxy) is 3. The average Bonchev–Trinajstić information content (AvgIpc) is 2.59. The maximum absolute atomic E-state index is 11.7. The standard InChI is InChI=1S/C17H25NO6S2/c1-18(2)7-8-23-17(21)24-10-12-26-25-11-9-22-16(20)13-14-3-5-15(19)6-4-14/h3-6,19H,7-13H2,1-2H3. The van der Waals surface area contributed by atoms with Crippen molar-refractivity contribution in [3.05, 3.63) is 29.8 Å². The SMILES string of the molecule is CN(C)CCOC(=O)OCCSSCCOC(=O)Cc1ccc(O)cc1. The van der Waals surface area contributed by atoms with Crippen LogP contribution in [0.5, 0.6) is 5.75 Å². The quantitative estimate of drug-likeness (QED) is 0.321. The smallest absolute Gasteiger partial charge is 0.508 e. The lowest BCUT2D eigenvalue weighted by Gasteiger charge is -2.10. The summed E-state index contributed by atoms with van der Waals surface area (Å²) in [5.74, 6) is 1.15. The summed E-state index contributed by atoms with van der Waals surface area (Å²) in [6.45, 7) is 1.57. The summed E-state index contributed by atoms with van der Waals surface area (Å²) < 4.78 is 15.0. The van der Waals surface area contributed by atoms with Gasteiger partial charge in [0, 0.05) is 18.1 Å². The molecule has 7 nitrogen and oxygen atoms in total. The summed E-state index contributed by atoms with van der Waals surface area (Å²) >= 11 is 0. The minimum Gasteiger partial charge on any atom is -0.508 e. The van der Waals surface area contributed by atoms with Crippen molar-refractivity contribution in [2.24, 2.45) is 0 Å². The minimum atomic E-state index is -0.652. The number of carbonyl (C=O) groups excluding carboxylic acids is 2. The number of nitrogens with zero attached hydrogens (tertiary/aromatic N) is 1. The van der Waals surface area contributed by atoms with E-state index in [9.17, 15) is 14.7 Å². The molecule has 146 valence electrons. The zero-order valence-electron chi connectivity index (χ0n) is 15.0. The Morgan fingerprint density at radius 1 is 0.962 bits per heavy atom. The van der Waals surface area contributed by atoms with Crippen LogP contribution < -0.4 is 0 Å². The van der Waals surface area contributed by atoms with Gasteiger partial charge in [-0.05, 0) is 31.8 Å². The summed E-state index contributed by atoms with van der Waals surface area (Å²) in [5, 5.41) is 9.18. The largest absolute Gasteiger partial charge is 0.508 e. The van der Waals surface area contributed by atoms with Crippen LogP contribution in [-0.2, 0) is 25.4 Å². The van der Waals surface area contributed by atoms with Crippen LogP contribution >= 0.6 is 21.6 Å². The van der Waals surface area contributed by atoms with Crippen LogP contribution in [0.3, 0.4) is 0 Å². The molecule has 0 bridgehead atoms. The van der Waals surface area contributed by atoms with Crippen LogP contribution in [0.2, 0.25) is 0 Å². The van der Waals surface area contributed by atoms with Gasteiger partial charge in [0.2, 0.25) is 0 Å². The third-order valence-corrected chi connectivity index (χ3v) is 5.28. The molecule has 0 aliphatic carbocycles. The second-order valence-corrected chi connectivity index (χ2v) is 8.16. The molecule has 1 N–H and O–H groups in total. The van der Waals surface area contributed by atoms with Crippen molar-refractivity contribution in [1.82, 2.24) is 4.90 Å². The number of hydrogen-bond acceptors (Lipinski definition) is 9. The van der Waals surface area contributed by atoms with Crippen molar-refractivity contribution in [2.75, 3.05) is 52.0 Å². The van der Waals surface area contributed by atoms with E-state index >= 15 is 0 Å². The molecule has 0 spiro atoms. The molecule has 1 rings (SSSR count). The monoisotopic (exact) mass is 403 g/mol. The number of hydrogen-bond donors (Lipinski definition) is 1. The Morgan fingerprint density at radius 2 is 1.54 bits per heavy atom. The van der Waals surface area contributed by atoms with Gasteiger partial charge in [-0.3, -0.25) is 4.79 Å². The predicted molar refractivity (Wildman–Crippen MR) is 104 cm³/mol. The van der Waals surface area contributed by atoms with Gasteiger partial charge in [0.15, 0.2) is 0 Å². The first kappa shape index (κ1) is 22.5.